The quantitative estimate of drug-likeness (QED) is 0.426. The Hall–Kier alpha value is -4.12. The molecule has 2 N–H and O–H groups in total. The Balaban J connectivity index is 1.26. The maximum absolute atomic E-state index is 12.3. The van der Waals surface area contributed by atoms with Gasteiger partial charge in [0.15, 0.2) is 6.61 Å². The Kier molecular flexibility index (Phi) is 6.78. The largest absolute Gasteiger partial charge is 0.484 e. The van der Waals surface area contributed by atoms with Gasteiger partial charge >= 0.3 is 0 Å². The second kappa shape index (κ2) is 10.3. The van der Waals surface area contributed by atoms with Crippen LogP contribution in [0.5, 0.6) is 5.75 Å². The van der Waals surface area contributed by atoms with Crippen molar-refractivity contribution >= 4 is 28.3 Å². The van der Waals surface area contributed by atoms with Crippen molar-refractivity contribution in [2.75, 3.05) is 18.5 Å². The lowest BCUT2D eigenvalue weighted by molar-refractivity contribution is -0.118. The molecule has 0 aliphatic rings. The molecule has 0 heterocycles. The number of anilines is 1. The molecule has 0 radical (unpaired) electrons. The zero-order valence-corrected chi connectivity index (χ0v) is 17.6. The van der Waals surface area contributed by atoms with E-state index in [2.05, 4.69) is 10.6 Å². The van der Waals surface area contributed by atoms with Crippen molar-refractivity contribution < 1.29 is 14.3 Å². The van der Waals surface area contributed by atoms with Crippen LogP contribution in [-0.2, 0) is 11.2 Å². The molecule has 0 aromatic heterocycles. The van der Waals surface area contributed by atoms with Gasteiger partial charge in [0.05, 0.1) is 0 Å². The van der Waals surface area contributed by atoms with Crippen LogP contribution in [0.15, 0.2) is 97.1 Å². The van der Waals surface area contributed by atoms with E-state index >= 15 is 0 Å². The van der Waals surface area contributed by atoms with Crippen LogP contribution < -0.4 is 15.4 Å². The highest BCUT2D eigenvalue weighted by molar-refractivity contribution is 6.02. The maximum atomic E-state index is 12.3. The summed E-state index contributed by atoms with van der Waals surface area (Å²) in [5.41, 5.74) is 2.48. The van der Waals surface area contributed by atoms with E-state index in [9.17, 15) is 9.59 Å². The number of hydrogen-bond acceptors (Lipinski definition) is 3. The number of carbonyl (C=O) groups is 2. The first-order valence-corrected chi connectivity index (χ1v) is 10.5. The van der Waals surface area contributed by atoms with Crippen LogP contribution in [0.3, 0.4) is 0 Å². The Morgan fingerprint density at radius 3 is 2.28 bits per heavy atom. The second-order valence-electron chi connectivity index (χ2n) is 7.38. The predicted molar refractivity (Wildman–Crippen MR) is 127 cm³/mol. The summed E-state index contributed by atoms with van der Waals surface area (Å²) in [7, 11) is 0. The molecule has 0 bridgehead atoms. The van der Waals surface area contributed by atoms with E-state index in [4.69, 9.17) is 4.74 Å². The Morgan fingerprint density at radius 1 is 0.750 bits per heavy atom. The maximum Gasteiger partial charge on any atom is 0.262 e. The molecular weight excluding hydrogens is 400 g/mol. The minimum Gasteiger partial charge on any atom is -0.484 e. The lowest BCUT2D eigenvalue weighted by atomic mass is 10.1. The molecule has 0 atom stereocenters. The smallest absolute Gasteiger partial charge is 0.262 e. The standard InChI is InChI=1S/C27H24N2O3/c30-26(29-25-12-6-10-21-9-4-5-11-24(21)25)19-32-23-15-13-22(14-16-23)27(31)28-18-17-20-7-2-1-3-8-20/h1-16H,17-19H2,(H,28,31)(H,29,30). The highest BCUT2D eigenvalue weighted by atomic mass is 16.5. The van der Waals surface area contributed by atoms with Crippen LogP contribution in [0.1, 0.15) is 15.9 Å². The summed E-state index contributed by atoms with van der Waals surface area (Å²) in [5, 5.41) is 7.85. The van der Waals surface area contributed by atoms with Crippen LogP contribution >= 0.6 is 0 Å². The number of nitrogens with one attached hydrogen (secondary N) is 2. The molecule has 0 unspecified atom stereocenters. The monoisotopic (exact) mass is 424 g/mol. The van der Waals surface area contributed by atoms with Crippen molar-refractivity contribution in [1.82, 2.24) is 5.32 Å². The topological polar surface area (TPSA) is 67.4 Å². The zero-order valence-electron chi connectivity index (χ0n) is 17.6. The van der Waals surface area contributed by atoms with Gasteiger partial charge in [-0.25, -0.2) is 0 Å². The molecule has 160 valence electrons. The molecule has 4 rings (SSSR count). The highest BCUT2D eigenvalue weighted by Gasteiger charge is 2.08. The fourth-order valence-electron chi connectivity index (χ4n) is 3.44. The number of carbonyl (C=O) groups excluding carboxylic acids is 2. The lowest BCUT2D eigenvalue weighted by Gasteiger charge is -2.10. The number of amides is 2. The van der Waals surface area contributed by atoms with Crippen molar-refractivity contribution in [3.8, 4) is 5.75 Å². The molecule has 4 aromatic rings. The number of ether oxygens (including phenoxy) is 1. The average Bonchev–Trinajstić information content (AvgIpc) is 2.84. The van der Waals surface area contributed by atoms with Gasteiger partial charge in [0.2, 0.25) is 0 Å². The first kappa shape index (κ1) is 21.1. The van der Waals surface area contributed by atoms with Crippen molar-refractivity contribution in [3.63, 3.8) is 0 Å². The minimum atomic E-state index is -0.246. The van der Waals surface area contributed by atoms with Crippen molar-refractivity contribution in [2.45, 2.75) is 6.42 Å². The van der Waals surface area contributed by atoms with E-state index in [1.54, 1.807) is 24.3 Å². The van der Waals surface area contributed by atoms with Crippen LogP contribution in [0.25, 0.3) is 10.8 Å². The normalized spacial score (nSPS) is 10.5. The molecule has 32 heavy (non-hydrogen) atoms. The molecule has 0 fully saturated rings. The van der Waals surface area contributed by atoms with Gasteiger partial charge in [0.25, 0.3) is 11.8 Å². The van der Waals surface area contributed by atoms with Gasteiger partial charge in [0, 0.05) is 23.2 Å². The first-order valence-electron chi connectivity index (χ1n) is 10.5. The first-order chi connectivity index (χ1) is 15.7. The summed E-state index contributed by atoms with van der Waals surface area (Å²) in [4.78, 5) is 24.6. The van der Waals surface area contributed by atoms with E-state index < -0.39 is 0 Å². The number of rotatable bonds is 8. The molecule has 4 aromatic carbocycles. The Labute approximate surface area is 187 Å². The number of fused-ring (bicyclic) bond motifs is 1. The van der Waals surface area contributed by atoms with Gasteiger partial charge < -0.3 is 15.4 Å². The molecule has 0 aliphatic carbocycles. The molecule has 0 spiro atoms. The molecular formula is C27H24N2O3. The molecule has 5 heteroatoms. The summed E-state index contributed by atoms with van der Waals surface area (Å²) < 4.78 is 5.58. The summed E-state index contributed by atoms with van der Waals surface area (Å²) >= 11 is 0. The van der Waals surface area contributed by atoms with E-state index in [0.29, 0.717) is 17.9 Å². The van der Waals surface area contributed by atoms with Crippen molar-refractivity contribution in [2.24, 2.45) is 0 Å². The van der Waals surface area contributed by atoms with Gasteiger partial charge in [-0.15, -0.1) is 0 Å². The Morgan fingerprint density at radius 2 is 1.47 bits per heavy atom. The fraction of sp³-hybridized carbons (Fsp3) is 0.111. The lowest BCUT2D eigenvalue weighted by Crippen LogP contribution is -2.25. The fourth-order valence-corrected chi connectivity index (χ4v) is 3.44. The van der Waals surface area contributed by atoms with Crippen LogP contribution in [0, 0.1) is 0 Å². The summed E-state index contributed by atoms with van der Waals surface area (Å²) in [5.74, 6) is 0.143. The molecule has 5 nitrogen and oxygen atoms in total. The minimum absolute atomic E-state index is 0.119. The zero-order chi connectivity index (χ0) is 22.2. The number of hydrogen-bond donors (Lipinski definition) is 2. The predicted octanol–water partition coefficient (Wildman–Crippen LogP) is 4.83. The molecule has 0 saturated heterocycles. The average molecular weight is 425 g/mol. The molecule has 2 amide bonds. The van der Waals surface area contributed by atoms with Crippen molar-refractivity contribution in [1.29, 1.82) is 0 Å². The van der Waals surface area contributed by atoms with Crippen LogP contribution in [0.2, 0.25) is 0 Å². The third-order valence-corrected chi connectivity index (χ3v) is 5.09. The SMILES string of the molecule is O=C(COc1ccc(C(=O)NCCc2ccccc2)cc1)Nc1cccc2ccccc12. The summed E-state index contributed by atoms with van der Waals surface area (Å²) in [6.45, 7) is 0.446. The van der Waals surface area contributed by atoms with Crippen LogP contribution in [0.4, 0.5) is 5.69 Å². The van der Waals surface area contributed by atoms with E-state index in [0.717, 1.165) is 22.9 Å². The summed E-state index contributed by atoms with van der Waals surface area (Å²) in [6.07, 6.45) is 0.777. The molecule has 0 aliphatic heterocycles. The van der Waals surface area contributed by atoms with Gasteiger partial charge in [0.1, 0.15) is 5.75 Å². The van der Waals surface area contributed by atoms with Gasteiger partial charge in [-0.05, 0) is 47.7 Å². The highest BCUT2D eigenvalue weighted by Crippen LogP contribution is 2.23. The van der Waals surface area contributed by atoms with Gasteiger partial charge in [-0.1, -0.05) is 66.7 Å². The molecule has 0 saturated carbocycles. The van der Waals surface area contributed by atoms with Gasteiger partial charge in [-0.3, -0.25) is 9.59 Å². The summed E-state index contributed by atoms with van der Waals surface area (Å²) in [6, 6.07) is 30.4. The number of benzene rings is 4. The van der Waals surface area contributed by atoms with Crippen molar-refractivity contribution in [3.05, 3.63) is 108 Å². The second-order valence-corrected chi connectivity index (χ2v) is 7.38. The van der Waals surface area contributed by atoms with E-state index in [1.165, 1.54) is 5.56 Å². The third kappa shape index (κ3) is 5.52. The van der Waals surface area contributed by atoms with E-state index in [-0.39, 0.29) is 18.4 Å². The van der Waals surface area contributed by atoms with E-state index in [1.807, 2.05) is 72.8 Å². The van der Waals surface area contributed by atoms with Gasteiger partial charge in [-0.2, -0.15) is 0 Å². The Bertz CT molecular complexity index is 1200. The van der Waals surface area contributed by atoms with Crippen LogP contribution in [-0.4, -0.2) is 25.0 Å². The third-order valence-electron chi connectivity index (χ3n) is 5.09.